The van der Waals surface area contributed by atoms with E-state index in [1.165, 1.54) is 0 Å². The summed E-state index contributed by atoms with van der Waals surface area (Å²) in [5, 5.41) is 0. The summed E-state index contributed by atoms with van der Waals surface area (Å²) in [5.74, 6) is 9.81. The van der Waals surface area contributed by atoms with Crippen LogP contribution in [-0.2, 0) is 4.43 Å². The third-order valence-electron chi connectivity index (χ3n) is 4.42. The van der Waals surface area contributed by atoms with Gasteiger partial charge in [-0.2, -0.15) is 0 Å². The van der Waals surface area contributed by atoms with Gasteiger partial charge < -0.3 is 4.43 Å². The molecular formula is C28H24OSi. The fraction of sp³-hybridized carbons (Fsp3) is 0.143. The molecule has 1 unspecified atom stereocenters. The summed E-state index contributed by atoms with van der Waals surface area (Å²) in [7, 11) is -3.01. The van der Waals surface area contributed by atoms with Gasteiger partial charge in [0.1, 0.15) is 0 Å². The molecule has 0 aliphatic rings. The molecule has 2 heteroatoms. The fourth-order valence-corrected chi connectivity index (χ4v) is 4.71. The lowest BCUT2D eigenvalue weighted by Gasteiger charge is -2.19. The predicted molar refractivity (Wildman–Crippen MR) is 127 cm³/mol. The van der Waals surface area contributed by atoms with E-state index in [2.05, 4.69) is 48.2 Å². The molecule has 0 fully saturated rings. The summed E-state index contributed by atoms with van der Waals surface area (Å²) in [5.41, 5.74) is 12.9. The Morgan fingerprint density at radius 3 is 1.27 bits per heavy atom. The highest BCUT2D eigenvalue weighted by Gasteiger charge is 2.32. The van der Waals surface area contributed by atoms with E-state index in [-0.39, 0.29) is 6.10 Å². The van der Waals surface area contributed by atoms with Gasteiger partial charge in [0.2, 0.25) is 0 Å². The van der Waals surface area contributed by atoms with Gasteiger partial charge in [-0.05, 0) is 49.7 Å². The first-order chi connectivity index (χ1) is 14.7. The van der Waals surface area contributed by atoms with E-state index >= 15 is 0 Å². The molecule has 3 aromatic carbocycles. The van der Waals surface area contributed by atoms with Crippen LogP contribution in [0.1, 0.15) is 37.0 Å². The Morgan fingerprint density at radius 2 is 0.967 bits per heavy atom. The van der Waals surface area contributed by atoms with Gasteiger partial charge in [0.15, 0.2) is 0 Å². The quantitative estimate of drug-likeness (QED) is 0.413. The summed E-state index contributed by atoms with van der Waals surface area (Å²) in [6.45, 7) is 4.16. The molecule has 0 aliphatic heterocycles. The normalized spacial score (nSPS) is 11.0. The van der Waals surface area contributed by atoms with Gasteiger partial charge in [-0.1, -0.05) is 95.9 Å². The van der Waals surface area contributed by atoms with Crippen LogP contribution in [0, 0.1) is 34.4 Å². The van der Waals surface area contributed by atoms with E-state index in [4.69, 9.17) is 4.43 Å². The third-order valence-corrected chi connectivity index (χ3v) is 6.61. The van der Waals surface area contributed by atoms with Gasteiger partial charge in [-0.3, -0.25) is 0 Å². The first-order valence-corrected chi connectivity index (χ1v) is 12.0. The minimum Gasteiger partial charge on any atom is -0.385 e. The Kier molecular flexibility index (Phi) is 7.71. The Bertz CT molecular complexity index is 979. The second kappa shape index (κ2) is 10.9. The van der Waals surface area contributed by atoms with Gasteiger partial charge in [0.25, 0.3) is 0 Å². The third kappa shape index (κ3) is 6.54. The lowest BCUT2D eigenvalue weighted by atomic mass is 10.2. The van der Waals surface area contributed by atoms with Crippen molar-refractivity contribution >= 4 is 8.32 Å². The molecule has 1 atom stereocenters. The van der Waals surface area contributed by atoms with E-state index in [0.29, 0.717) is 0 Å². The van der Waals surface area contributed by atoms with Crippen molar-refractivity contribution in [3.8, 4) is 34.4 Å². The van der Waals surface area contributed by atoms with Crippen molar-refractivity contribution < 1.29 is 4.43 Å². The molecule has 0 saturated carbocycles. The molecule has 1 nitrogen and oxygen atoms in total. The van der Waals surface area contributed by atoms with Crippen LogP contribution < -0.4 is 0 Å². The van der Waals surface area contributed by atoms with Gasteiger partial charge in [0.05, 0.1) is 0 Å². The van der Waals surface area contributed by atoms with Crippen molar-refractivity contribution in [3.63, 3.8) is 0 Å². The fourth-order valence-electron chi connectivity index (χ4n) is 2.61. The molecule has 30 heavy (non-hydrogen) atoms. The van der Waals surface area contributed by atoms with Crippen molar-refractivity contribution in [2.24, 2.45) is 0 Å². The molecule has 0 radical (unpaired) electrons. The minimum atomic E-state index is -3.01. The second-order valence-corrected chi connectivity index (χ2v) is 9.21. The van der Waals surface area contributed by atoms with Gasteiger partial charge in [-0.15, -0.1) is 0 Å². The summed E-state index contributed by atoms with van der Waals surface area (Å²) in [6, 6.07) is 29.8. The highest BCUT2D eigenvalue weighted by molar-refractivity contribution is 6.95. The van der Waals surface area contributed by atoms with Crippen LogP contribution in [-0.4, -0.2) is 14.4 Å². The number of rotatable bonds is 3. The van der Waals surface area contributed by atoms with Crippen LogP contribution in [0.2, 0.25) is 0 Å². The maximum absolute atomic E-state index is 6.47. The van der Waals surface area contributed by atoms with E-state index in [1.54, 1.807) is 0 Å². The zero-order chi connectivity index (χ0) is 21.1. The maximum atomic E-state index is 6.47. The zero-order valence-corrected chi connectivity index (χ0v) is 18.4. The van der Waals surface area contributed by atoms with Crippen LogP contribution >= 0.6 is 0 Å². The Balaban J connectivity index is 2.11. The Hall–Kier alpha value is -3.48. The molecule has 3 rings (SSSR count). The lowest BCUT2D eigenvalue weighted by Crippen LogP contribution is -2.38. The van der Waals surface area contributed by atoms with E-state index in [9.17, 15) is 0 Å². The second-order valence-electron chi connectivity index (χ2n) is 6.87. The summed E-state index contributed by atoms with van der Waals surface area (Å²) in [4.78, 5) is 0. The van der Waals surface area contributed by atoms with Crippen molar-refractivity contribution in [1.82, 2.24) is 0 Å². The van der Waals surface area contributed by atoms with E-state index in [0.717, 1.165) is 23.1 Å². The van der Waals surface area contributed by atoms with E-state index in [1.807, 2.05) is 91.0 Å². The van der Waals surface area contributed by atoms with Gasteiger partial charge >= 0.3 is 8.32 Å². The maximum Gasteiger partial charge on any atom is 0.438 e. The van der Waals surface area contributed by atoms with E-state index < -0.39 is 8.32 Å². The largest absolute Gasteiger partial charge is 0.438 e. The number of hydrogen-bond donors (Lipinski definition) is 0. The molecular weight excluding hydrogens is 380 g/mol. The average molecular weight is 405 g/mol. The van der Waals surface area contributed by atoms with Crippen molar-refractivity contribution in [2.75, 3.05) is 0 Å². The van der Waals surface area contributed by atoms with Crippen molar-refractivity contribution in [2.45, 2.75) is 26.4 Å². The number of benzene rings is 3. The standard InChI is InChI=1S/C28H24OSi/c1-3-25(2)29-30(22-19-26-13-7-4-8-14-26,23-20-27-15-9-5-10-16-27)24-21-28-17-11-6-12-18-28/h4-18,25H,3H2,1-2H3. The first kappa shape index (κ1) is 21.2. The first-order valence-electron chi connectivity index (χ1n) is 10.1. The summed E-state index contributed by atoms with van der Waals surface area (Å²) in [6.07, 6.45) is 0.902. The van der Waals surface area contributed by atoms with Crippen LogP contribution in [0.15, 0.2) is 91.0 Å². The van der Waals surface area contributed by atoms with Gasteiger partial charge in [0, 0.05) is 22.8 Å². The Labute approximate surface area is 181 Å². The zero-order valence-electron chi connectivity index (χ0n) is 17.4. The highest BCUT2D eigenvalue weighted by atomic mass is 28.4. The van der Waals surface area contributed by atoms with Gasteiger partial charge in [-0.25, -0.2) is 0 Å². The van der Waals surface area contributed by atoms with Crippen LogP contribution in [0.3, 0.4) is 0 Å². The molecule has 0 bridgehead atoms. The molecule has 0 amide bonds. The lowest BCUT2D eigenvalue weighted by molar-refractivity contribution is 0.220. The topological polar surface area (TPSA) is 9.23 Å². The number of hydrogen-bond acceptors (Lipinski definition) is 1. The molecule has 0 saturated heterocycles. The molecule has 0 spiro atoms. The van der Waals surface area contributed by atoms with Crippen molar-refractivity contribution in [3.05, 3.63) is 108 Å². The molecule has 146 valence electrons. The molecule has 3 aromatic rings. The summed E-state index contributed by atoms with van der Waals surface area (Å²) < 4.78 is 6.47. The Morgan fingerprint density at radius 1 is 0.633 bits per heavy atom. The highest BCUT2D eigenvalue weighted by Crippen LogP contribution is 2.11. The van der Waals surface area contributed by atoms with Crippen LogP contribution in [0.5, 0.6) is 0 Å². The average Bonchev–Trinajstić information content (AvgIpc) is 2.82. The molecule has 0 aliphatic carbocycles. The minimum absolute atomic E-state index is 0.0249. The van der Waals surface area contributed by atoms with Crippen LogP contribution in [0.4, 0.5) is 0 Å². The SMILES string of the molecule is CCC(C)O[Si](C#Cc1ccccc1)(C#Cc1ccccc1)C#Cc1ccccc1. The van der Waals surface area contributed by atoms with Crippen molar-refractivity contribution in [1.29, 1.82) is 0 Å². The summed E-state index contributed by atoms with van der Waals surface area (Å²) >= 11 is 0. The predicted octanol–water partition coefficient (Wildman–Crippen LogP) is 5.52. The molecule has 0 N–H and O–H groups in total. The smallest absolute Gasteiger partial charge is 0.385 e. The van der Waals surface area contributed by atoms with Crippen LogP contribution in [0.25, 0.3) is 0 Å². The monoisotopic (exact) mass is 404 g/mol. The molecule has 0 heterocycles. The molecule has 0 aromatic heterocycles.